The van der Waals surface area contributed by atoms with Gasteiger partial charge in [0.2, 0.25) is 11.8 Å². The summed E-state index contributed by atoms with van der Waals surface area (Å²) in [5.41, 5.74) is 3.52. The quantitative estimate of drug-likeness (QED) is 0.428. The predicted octanol–water partition coefficient (Wildman–Crippen LogP) is 4.71. The van der Waals surface area contributed by atoms with Crippen LogP contribution < -0.4 is 10.1 Å². The highest BCUT2D eigenvalue weighted by molar-refractivity contribution is 5.79. The first-order valence-corrected chi connectivity index (χ1v) is 11.8. The zero-order chi connectivity index (χ0) is 23.9. The number of aromatic nitrogens is 1. The van der Waals surface area contributed by atoms with Crippen molar-refractivity contribution in [2.24, 2.45) is 5.92 Å². The van der Waals surface area contributed by atoms with Gasteiger partial charge in [0.05, 0.1) is 12.3 Å². The van der Waals surface area contributed by atoms with Gasteiger partial charge < -0.3 is 19.6 Å². The zero-order valence-corrected chi connectivity index (χ0v) is 19.4. The van der Waals surface area contributed by atoms with Crippen molar-refractivity contribution in [1.82, 2.24) is 10.3 Å². The van der Waals surface area contributed by atoms with Crippen molar-refractivity contribution in [3.05, 3.63) is 71.1 Å². The summed E-state index contributed by atoms with van der Waals surface area (Å²) in [4.78, 5) is 27.9. The standard InChI is InChI=1S/C27H30N2O5/c1-18-23(29-27(34-18)21-6-3-2-4-7-21)14-15-33-24-12-10-19(11-13-25(30)31)16-22(24)17-28-26(32)20-8-5-9-20/h2-4,6-7,10,12,16,20H,5,8-9,11,13-15,17H2,1H3,(H,28,32)(H,30,31). The third kappa shape index (κ3) is 6.04. The predicted molar refractivity (Wildman–Crippen MR) is 127 cm³/mol. The second-order valence-electron chi connectivity index (χ2n) is 8.67. The van der Waals surface area contributed by atoms with Crippen molar-refractivity contribution in [2.75, 3.05) is 6.61 Å². The van der Waals surface area contributed by atoms with Crippen molar-refractivity contribution in [3.8, 4) is 17.2 Å². The number of rotatable bonds is 11. The molecule has 2 aromatic carbocycles. The minimum Gasteiger partial charge on any atom is -0.493 e. The van der Waals surface area contributed by atoms with Crippen LogP contribution in [0.3, 0.4) is 0 Å². The molecule has 1 aliphatic rings. The van der Waals surface area contributed by atoms with E-state index in [9.17, 15) is 9.59 Å². The van der Waals surface area contributed by atoms with Gasteiger partial charge in [-0.25, -0.2) is 4.98 Å². The number of carbonyl (C=O) groups is 2. The molecule has 0 atom stereocenters. The molecule has 1 aromatic heterocycles. The van der Waals surface area contributed by atoms with E-state index >= 15 is 0 Å². The molecule has 7 heteroatoms. The van der Waals surface area contributed by atoms with E-state index in [1.807, 2.05) is 55.5 Å². The summed E-state index contributed by atoms with van der Waals surface area (Å²) in [5.74, 6) is 1.37. The van der Waals surface area contributed by atoms with Gasteiger partial charge >= 0.3 is 5.97 Å². The van der Waals surface area contributed by atoms with Crippen LogP contribution in [0.25, 0.3) is 11.5 Å². The Balaban J connectivity index is 1.41. The average Bonchev–Trinajstić information content (AvgIpc) is 3.17. The number of hydrogen-bond donors (Lipinski definition) is 2. The lowest BCUT2D eigenvalue weighted by Gasteiger charge is -2.24. The molecule has 7 nitrogen and oxygen atoms in total. The van der Waals surface area contributed by atoms with Gasteiger partial charge in [0, 0.05) is 36.4 Å². The third-order valence-electron chi connectivity index (χ3n) is 6.19. The molecule has 0 radical (unpaired) electrons. The van der Waals surface area contributed by atoms with E-state index in [1.54, 1.807) is 0 Å². The summed E-state index contributed by atoms with van der Waals surface area (Å²) in [6.45, 7) is 2.65. The second kappa shape index (κ2) is 11.0. The Labute approximate surface area is 199 Å². The Hall–Kier alpha value is -3.61. The molecule has 0 unspecified atom stereocenters. The number of benzene rings is 2. The highest BCUT2D eigenvalue weighted by Gasteiger charge is 2.25. The van der Waals surface area contributed by atoms with Crippen LogP contribution in [0.5, 0.6) is 5.75 Å². The first kappa shape index (κ1) is 23.5. The Bertz CT molecular complexity index is 1140. The molecule has 34 heavy (non-hydrogen) atoms. The lowest BCUT2D eigenvalue weighted by atomic mass is 9.85. The van der Waals surface area contributed by atoms with E-state index in [4.69, 9.17) is 14.3 Å². The van der Waals surface area contributed by atoms with Gasteiger partial charge in [-0.1, -0.05) is 36.8 Å². The first-order valence-electron chi connectivity index (χ1n) is 11.8. The van der Waals surface area contributed by atoms with Gasteiger partial charge in [-0.2, -0.15) is 0 Å². The largest absolute Gasteiger partial charge is 0.493 e. The number of oxazole rings is 1. The number of ether oxygens (including phenoxy) is 1. The number of aryl methyl sites for hydroxylation is 2. The Morgan fingerprint density at radius 2 is 1.94 bits per heavy atom. The summed E-state index contributed by atoms with van der Waals surface area (Å²) in [5, 5.41) is 12.0. The maximum Gasteiger partial charge on any atom is 0.303 e. The van der Waals surface area contributed by atoms with E-state index in [-0.39, 0.29) is 18.2 Å². The maximum atomic E-state index is 12.3. The van der Waals surface area contributed by atoms with Crippen LogP contribution in [0.1, 0.15) is 48.3 Å². The van der Waals surface area contributed by atoms with Gasteiger partial charge in [0.15, 0.2) is 0 Å². The van der Waals surface area contributed by atoms with Crippen molar-refractivity contribution in [2.45, 2.75) is 52.0 Å². The van der Waals surface area contributed by atoms with Crippen molar-refractivity contribution in [3.63, 3.8) is 0 Å². The summed E-state index contributed by atoms with van der Waals surface area (Å²) in [7, 11) is 0. The Kier molecular flexibility index (Phi) is 7.62. The smallest absolute Gasteiger partial charge is 0.303 e. The molecule has 4 rings (SSSR count). The monoisotopic (exact) mass is 462 g/mol. The average molecular weight is 463 g/mol. The normalized spacial score (nSPS) is 13.3. The molecule has 1 amide bonds. The third-order valence-corrected chi connectivity index (χ3v) is 6.19. The fourth-order valence-electron chi connectivity index (χ4n) is 3.94. The molecule has 1 saturated carbocycles. The SMILES string of the molecule is Cc1oc(-c2ccccc2)nc1CCOc1ccc(CCC(=O)O)cc1CNC(=O)C1CCC1. The van der Waals surface area contributed by atoms with Crippen LogP contribution in [0.2, 0.25) is 0 Å². The number of carbonyl (C=O) groups excluding carboxylic acids is 1. The Morgan fingerprint density at radius 3 is 2.65 bits per heavy atom. The molecular weight excluding hydrogens is 432 g/mol. The molecule has 0 aliphatic heterocycles. The van der Waals surface area contributed by atoms with Crippen LogP contribution in [-0.2, 0) is 29.0 Å². The number of nitrogens with zero attached hydrogens (tertiary/aromatic N) is 1. The number of aliphatic carboxylic acids is 1. The number of carboxylic acids is 1. The minimum atomic E-state index is -0.835. The lowest BCUT2D eigenvalue weighted by molar-refractivity contribution is -0.137. The first-order chi connectivity index (χ1) is 16.5. The molecule has 1 heterocycles. The summed E-state index contributed by atoms with van der Waals surface area (Å²) in [6, 6.07) is 15.4. The highest BCUT2D eigenvalue weighted by atomic mass is 16.5. The molecule has 1 aliphatic carbocycles. The summed E-state index contributed by atoms with van der Waals surface area (Å²) >= 11 is 0. The molecule has 2 N–H and O–H groups in total. The van der Waals surface area contributed by atoms with E-state index < -0.39 is 5.97 Å². The van der Waals surface area contributed by atoms with Crippen molar-refractivity contribution >= 4 is 11.9 Å². The van der Waals surface area contributed by atoms with Crippen LogP contribution in [-0.4, -0.2) is 28.6 Å². The molecule has 0 spiro atoms. The topological polar surface area (TPSA) is 102 Å². The maximum absolute atomic E-state index is 12.3. The number of hydrogen-bond acceptors (Lipinski definition) is 5. The van der Waals surface area contributed by atoms with Crippen molar-refractivity contribution < 1.29 is 23.8 Å². The Morgan fingerprint density at radius 1 is 1.15 bits per heavy atom. The van der Waals surface area contributed by atoms with E-state index in [0.29, 0.717) is 37.6 Å². The summed E-state index contributed by atoms with van der Waals surface area (Å²) in [6.07, 6.45) is 4.05. The van der Waals surface area contributed by atoms with Crippen molar-refractivity contribution in [1.29, 1.82) is 0 Å². The molecule has 3 aromatic rings. The van der Waals surface area contributed by atoms with Crippen LogP contribution in [0, 0.1) is 12.8 Å². The van der Waals surface area contributed by atoms with Gasteiger partial charge in [0.25, 0.3) is 0 Å². The minimum absolute atomic E-state index is 0.0588. The molecular formula is C27H30N2O5. The van der Waals surface area contributed by atoms with Gasteiger partial charge in [-0.05, 0) is 49.9 Å². The van der Waals surface area contributed by atoms with E-state index in [2.05, 4.69) is 10.3 Å². The van der Waals surface area contributed by atoms with Gasteiger partial charge in [-0.15, -0.1) is 0 Å². The lowest BCUT2D eigenvalue weighted by Crippen LogP contribution is -2.34. The van der Waals surface area contributed by atoms with Gasteiger partial charge in [-0.3, -0.25) is 9.59 Å². The molecule has 0 saturated heterocycles. The number of nitrogens with one attached hydrogen (secondary N) is 1. The second-order valence-corrected chi connectivity index (χ2v) is 8.67. The number of carboxylic acid groups (broad SMARTS) is 1. The zero-order valence-electron chi connectivity index (χ0n) is 19.4. The van der Waals surface area contributed by atoms with E-state index in [1.165, 1.54) is 0 Å². The summed E-state index contributed by atoms with van der Waals surface area (Å²) < 4.78 is 11.9. The molecule has 178 valence electrons. The van der Waals surface area contributed by atoms with Crippen LogP contribution >= 0.6 is 0 Å². The van der Waals surface area contributed by atoms with E-state index in [0.717, 1.165) is 47.4 Å². The number of amides is 1. The van der Waals surface area contributed by atoms with Gasteiger partial charge in [0.1, 0.15) is 11.5 Å². The molecule has 1 fully saturated rings. The van der Waals surface area contributed by atoms with Crippen LogP contribution in [0.15, 0.2) is 52.9 Å². The van der Waals surface area contributed by atoms with Crippen LogP contribution in [0.4, 0.5) is 0 Å². The fraction of sp³-hybridized carbons (Fsp3) is 0.370. The highest BCUT2D eigenvalue weighted by Crippen LogP contribution is 2.27. The molecule has 0 bridgehead atoms. The fourth-order valence-corrected chi connectivity index (χ4v) is 3.94.